The molecule has 0 bridgehead atoms. The predicted molar refractivity (Wildman–Crippen MR) is 51.6 cm³/mol. The first-order chi connectivity index (χ1) is 6.66. The summed E-state index contributed by atoms with van der Waals surface area (Å²) in [7, 11) is 4.15. The van der Waals surface area contributed by atoms with Gasteiger partial charge in [-0.15, -0.1) is 0 Å². The van der Waals surface area contributed by atoms with Crippen LogP contribution in [0.1, 0.15) is 11.9 Å². The van der Waals surface area contributed by atoms with Crippen LogP contribution < -0.4 is 5.73 Å². The maximum atomic E-state index is 5.39. The van der Waals surface area contributed by atoms with Crippen molar-refractivity contribution in [1.29, 1.82) is 0 Å². The Bertz CT molecular complexity index is 312. The number of aromatic nitrogens is 2. The fraction of sp³-hybridized carbons (Fsp3) is 0.750. The summed E-state index contributed by atoms with van der Waals surface area (Å²) in [4.78, 5) is 8.51. The van der Waals surface area contributed by atoms with E-state index in [1.807, 2.05) is 0 Å². The molecule has 1 saturated heterocycles. The molecule has 1 atom stereocenters. The minimum absolute atomic E-state index is 0.140. The fourth-order valence-electron chi connectivity index (χ4n) is 1.67. The first-order valence-electron chi connectivity index (χ1n) is 4.64. The lowest BCUT2D eigenvalue weighted by Crippen LogP contribution is -2.45. The number of nitrogen functional groups attached to an aromatic ring is 1. The molecule has 1 fully saturated rings. The van der Waals surface area contributed by atoms with Gasteiger partial charge in [0.25, 0.3) is 0 Å². The molecule has 1 aliphatic rings. The van der Waals surface area contributed by atoms with Crippen molar-refractivity contribution in [2.75, 3.05) is 39.5 Å². The normalized spacial score (nSPS) is 25.4. The Morgan fingerprint density at radius 3 is 2.86 bits per heavy atom. The molecule has 0 amide bonds. The van der Waals surface area contributed by atoms with E-state index in [-0.39, 0.29) is 12.1 Å². The van der Waals surface area contributed by atoms with Crippen molar-refractivity contribution >= 4 is 6.01 Å². The molecule has 2 N–H and O–H groups in total. The topological polar surface area (TPSA) is 71.4 Å². The Balaban J connectivity index is 2.15. The number of likely N-dealkylation sites (N-methyl/N-ethyl adjacent to an activating group) is 2. The fourth-order valence-corrected chi connectivity index (χ4v) is 1.67. The summed E-state index contributed by atoms with van der Waals surface area (Å²) < 4.78 is 4.77. The van der Waals surface area contributed by atoms with E-state index in [1.54, 1.807) is 0 Å². The highest BCUT2D eigenvalue weighted by atomic mass is 16.5. The largest absolute Gasteiger partial charge is 0.351 e. The minimum Gasteiger partial charge on any atom is -0.351 e. The van der Waals surface area contributed by atoms with Crippen LogP contribution in [0.5, 0.6) is 0 Å². The molecule has 2 rings (SSSR count). The minimum atomic E-state index is 0.140. The molecular weight excluding hydrogens is 182 g/mol. The van der Waals surface area contributed by atoms with Crippen molar-refractivity contribution < 1.29 is 4.52 Å². The van der Waals surface area contributed by atoms with Gasteiger partial charge in [-0.2, -0.15) is 4.98 Å². The molecule has 1 aliphatic heterocycles. The second-order valence-corrected chi connectivity index (χ2v) is 3.75. The molecule has 0 saturated carbocycles. The average molecular weight is 197 g/mol. The standard InChI is InChI=1S/C8H15N5O/c1-12-3-4-13(2)6(5-12)7-10-8(9)14-11-7/h6H,3-5H2,1-2H3,(H2,9,10,11). The van der Waals surface area contributed by atoms with Gasteiger partial charge in [-0.3, -0.25) is 4.90 Å². The average Bonchev–Trinajstić information content (AvgIpc) is 2.56. The molecule has 0 spiro atoms. The Labute approximate surface area is 82.7 Å². The summed E-state index contributed by atoms with van der Waals surface area (Å²) in [5, 5.41) is 3.84. The number of hydrogen-bond donors (Lipinski definition) is 1. The lowest BCUT2D eigenvalue weighted by atomic mass is 10.2. The summed E-state index contributed by atoms with van der Waals surface area (Å²) in [5.41, 5.74) is 5.39. The van der Waals surface area contributed by atoms with Crippen LogP contribution in [0.15, 0.2) is 4.52 Å². The first-order valence-corrected chi connectivity index (χ1v) is 4.64. The van der Waals surface area contributed by atoms with Gasteiger partial charge in [0, 0.05) is 19.6 Å². The van der Waals surface area contributed by atoms with Gasteiger partial charge < -0.3 is 15.2 Å². The summed E-state index contributed by atoms with van der Waals surface area (Å²) in [6.45, 7) is 2.99. The third kappa shape index (κ3) is 1.71. The van der Waals surface area contributed by atoms with Crippen LogP contribution in [0, 0.1) is 0 Å². The second-order valence-electron chi connectivity index (χ2n) is 3.75. The molecule has 1 aromatic rings. The van der Waals surface area contributed by atoms with E-state index in [4.69, 9.17) is 10.3 Å². The lowest BCUT2D eigenvalue weighted by Gasteiger charge is -2.35. The van der Waals surface area contributed by atoms with E-state index in [1.165, 1.54) is 0 Å². The van der Waals surface area contributed by atoms with Gasteiger partial charge in [0.2, 0.25) is 0 Å². The summed E-state index contributed by atoms with van der Waals surface area (Å²) in [5.74, 6) is 0.677. The molecule has 1 unspecified atom stereocenters. The summed E-state index contributed by atoms with van der Waals surface area (Å²) in [6, 6.07) is 0.330. The van der Waals surface area contributed by atoms with Crippen LogP contribution in [-0.4, -0.2) is 53.7 Å². The molecule has 6 nitrogen and oxygen atoms in total. The first kappa shape index (κ1) is 9.42. The predicted octanol–water partition coefficient (Wildman–Crippen LogP) is -0.430. The van der Waals surface area contributed by atoms with Crippen molar-refractivity contribution in [1.82, 2.24) is 19.9 Å². The molecule has 0 aromatic carbocycles. The van der Waals surface area contributed by atoms with E-state index in [9.17, 15) is 0 Å². The Kier molecular flexibility index (Phi) is 2.39. The van der Waals surface area contributed by atoms with E-state index in [0.717, 1.165) is 19.6 Å². The molecule has 2 heterocycles. The van der Waals surface area contributed by atoms with Crippen LogP contribution in [0.2, 0.25) is 0 Å². The highest BCUT2D eigenvalue weighted by Crippen LogP contribution is 2.20. The smallest absolute Gasteiger partial charge is 0.318 e. The zero-order valence-electron chi connectivity index (χ0n) is 8.47. The zero-order valence-corrected chi connectivity index (χ0v) is 8.47. The molecule has 6 heteroatoms. The van der Waals surface area contributed by atoms with Crippen molar-refractivity contribution in [2.45, 2.75) is 6.04 Å². The quantitative estimate of drug-likeness (QED) is 0.658. The van der Waals surface area contributed by atoms with Crippen molar-refractivity contribution in [3.05, 3.63) is 5.82 Å². The van der Waals surface area contributed by atoms with Gasteiger partial charge >= 0.3 is 6.01 Å². The Morgan fingerprint density at radius 2 is 2.21 bits per heavy atom. The van der Waals surface area contributed by atoms with Crippen molar-refractivity contribution in [3.63, 3.8) is 0 Å². The van der Waals surface area contributed by atoms with E-state index >= 15 is 0 Å². The number of nitrogens with two attached hydrogens (primary N) is 1. The Morgan fingerprint density at radius 1 is 1.43 bits per heavy atom. The van der Waals surface area contributed by atoms with Crippen LogP contribution in [0.25, 0.3) is 0 Å². The van der Waals surface area contributed by atoms with Crippen molar-refractivity contribution in [2.24, 2.45) is 0 Å². The number of piperazine rings is 1. The monoisotopic (exact) mass is 197 g/mol. The second kappa shape index (κ2) is 3.55. The van der Waals surface area contributed by atoms with Gasteiger partial charge in [0.15, 0.2) is 5.82 Å². The molecule has 0 aliphatic carbocycles. The van der Waals surface area contributed by atoms with Gasteiger partial charge in [0.1, 0.15) is 0 Å². The lowest BCUT2D eigenvalue weighted by molar-refractivity contribution is 0.108. The zero-order chi connectivity index (χ0) is 10.1. The van der Waals surface area contributed by atoms with Crippen molar-refractivity contribution in [3.8, 4) is 0 Å². The summed E-state index contributed by atoms with van der Waals surface area (Å²) in [6.07, 6.45) is 0. The number of rotatable bonds is 1. The van der Waals surface area contributed by atoms with Crippen LogP contribution in [0.3, 0.4) is 0 Å². The SMILES string of the molecule is CN1CCN(C)C(c2noc(N)n2)C1. The highest BCUT2D eigenvalue weighted by Gasteiger charge is 2.27. The number of nitrogens with zero attached hydrogens (tertiary/aromatic N) is 4. The molecular formula is C8H15N5O. The van der Waals surface area contributed by atoms with Gasteiger partial charge in [0.05, 0.1) is 6.04 Å². The highest BCUT2D eigenvalue weighted by molar-refractivity contribution is 5.10. The van der Waals surface area contributed by atoms with E-state index in [2.05, 4.69) is 34.0 Å². The van der Waals surface area contributed by atoms with Gasteiger partial charge in [-0.1, -0.05) is 5.16 Å². The molecule has 0 radical (unpaired) electrons. The molecule has 78 valence electrons. The maximum absolute atomic E-state index is 5.39. The maximum Gasteiger partial charge on any atom is 0.318 e. The van der Waals surface area contributed by atoms with E-state index in [0.29, 0.717) is 5.82 Å². The number of hydrogen-bond acceptors (Lipinski definition) is 6. The van der Waals surface area contributed by atoms with Crippen LogP contribution >= 0.6 is 0 Å². The summed E-state index contributed by atoms with van der Waals surface area (Å²) >= 11 is 0. The molecule has 14 heavy (non-hydrogen) atoms. The third-order valence-electron chi connectivity index (χ3n) is 2.61. The number of anilines is 1. The van der Waals surface area contributed by atoms with Crippen LogP contribution in [-0.2, 0) is 0 Å². The van der Waals surface area contributed by atoms with E-state index < -0.39 is 0 Å². The van der Waals surface area contributed by atoms with Crippen LogP contribution in [0.4, 0.5) is 6.01 Å². The molecule has 1 aromatic heterocycles. The van der Waals surface area contributed by atoms with Gasteiger partial charge in [-0.25, -0.2) is 0 Å². The Hall–Kier alpha value is -1.14. The van der Waals surface area contributed by atoms with Gasteiger partial charge in [-0.05, 0) is 14.1 Å². The third-order valence-corrected chi connectivity index (χ3v) is 2.61.